The third-order valence-electron chi connectivity index (χ3n) is 4.86. The van der Waals surface area contributed by atoms with Crippen LogP contribution in [0.2, 0.25) is 0 Å². The minimum absolute atomic E-state index is 0.0614. The molecule has 1 atom stereocenters. The van der Waals surface area contributed by atoms with Crippen LogP contribution in [0.5, 0.6) is 0 Å². The maximum absolute atomic E-state index is 13.1. The highest BCUT2D eigenvalue weighted by molar-refractivity contribution is 5.97. The van der Waals surface area contributed by atoms with E-state index in [1.807, 2.05) is 36.9 Å². The summed E-state index contributed by atoms with van der Waals surface area (Å²) in [4.78, 5) is 27.5. The summed E-state index contributed by atoms with van der Waals surface area (Å²) in [6, 6.07) is 12.9. The third kappa shape index (κ3) is 4.73. The van der Waals surface area contributed by atoms with Gasteiger partial charge in [0.2, 0.25) is 5.91 Å². The van der Waals surface area contributed by atoms with E-state index in [-0.39, 0.29) is 17.7 Å². The van der Waals surface area contributed by atoms with Gasteiger partial charge in [0.05, 0.1) is 0 Å². The number of halogens is 1. The second-order valence-electron chi connectivity index (χ2n) is 7.44. The van der Waals surface area contributed by atoms with E-state index in [0.29, 0.717) is 25.1 Å². The topological polar surface area (TPSA) is 49.4 Å². The van der Waals surface area contributed by atoms with Crippen molar-refractivity contribution < 1.29 is 14.0 Å². The van der Waals surface area contributed by atoms with Gasteiger partial charge in [0.15, 0.2) is 0 Å². The van der Waals surface area contributed by atoms with Crippen molar-refractivity contribution in [3.63, 3.8) is 0 Å². The van der Waals surface area contributed by atoms with E-state index in [0.717, 1.165) is 12.0 Å². The second kappa shape index (κ2) is 8.33. The summed E-state index contributed by atoms with van der Waals surface area (Å²) in [5.41, 5.74) is 2.78. The zero-order chi connectivity index (χ0) is 19.4. The van der Waals surface area contributed by atoms with Gasteiger partial charge in [0, 0.05) is 18.7 Å². The molecule has 0 saturated carbocycles. The maximum Gasteiger partial charge on any atom is 0.251 e. The van der Waals surface area contributed by atoms with Crippen LogP contribution in [0.15, 0.2) is 48.5 Å². The molecule has 1 aliphatic heterocycles. The van der Waals surface area contributed by atoms with Gasteiger partial charge in [0.1, 0.15) is 11.9 Å². The Labute approximate surface area is 159 Å². The van der Waals surface area contributed by atoms with Gasteiger partial charge in [-0.05, 0) is 54.2 Å². The molecular formula is C22H25FN2O2. The van der Waals surface area contributed by atoms with Crippen molar-refractivity contribution in [3.05, 3.63) is 71.0 Å². The molecule has 0 bridgehead atoms. The Kier molecular flexibility index (Phi) is 5.89. The predicted molar refractivity (Wildman–Crippen MR) is 103 cm³/mol. The zero-order valence-corrected chi connectivity index (χ0v) is 15.7. The molecule has 2 aromatic rings. The van der Waals surface area contributed by atoms with Crippen molar-refractivity contribution in [2.24, 2.45) is 5.92 Å². The highest BCUT2D eigenvalue weighted by Gasteiger charge is 2.29. The van der Waals surface area contributed by atoms with Crippen LogP contribution in [0.4, 0.5) is 4.39 Å². The number of fused-ring (bicyclic) bond motifs is 1. The Morgan fingerprint density at radius 1 is 1.07 bits per heavy atom. The van der Waals surface area contributed by atoms with E-state index in [1.165, 1.54) is 29.8 Å². The summed E-state index contributed by atoms with van der Waals surface area (Å²) in [5, 5.41) is 2.85. The molecule has 0 unspecified atom stereocenters. The molecule has 0 aliphatic carbocycles. The number of amides is 2. The summed E-state index contributed by atoms with van der Waals surface area (Å²) >= 11 is 0. The first-order valence-corrected chi connectivity index (χ1v) is 9.36. The monoisotopic (exact) mass is 368 g/mol. The molecule has 1 N–H and O–H groups in total. The standard InChI is InChI=1S/C22H25FN2O2/c1-15(2)13-20(24-21(26)17-7-9-19(23)10-8-17)22(27)25-12-11-16-5-3-4-6-18(16)14-25/h3-10,15,20H,11-14H2,1-2H3,(H,24,26)/t20-/m0/s1. The van der Waals surface area contributed by atoms with Gasteiger partial charge in [0.25, 0.3) is 5.91 Å². The Hall–Kier alpha value is -2.69. The highest BCUT2D eigenvalue weighted by Crippen LogP contribution is 2.20. The summed E-state index contributed by atoms with van der Waals surface area (Å²) in [5.74, 6) is -0.557. The third-order valence-corrected chi connectivity index (χ3v) is 4.86. The molecule has 0 saturated heterocycles. The first-order valence-electron chi connectivity index (χ1n) is 9.36. The van der Waals surface area contributed by atoms with Crippen molar-refractivity contribution in [1.29, 1.82) is 0 Å². The minimum Gasteiger partial charge on any atom is -0.340 e. The molecule has 2 aromatic carbocycles. The first-order chi connectivity index (χ1) is 12.9. The van der Waals surface area contributed by atoms with Crippen LogP contribution in [0, 0.1) is 11.7 Å². The average molecular weight is 368 g/mol. The number of hydrogen-bond acceptors (Lipinski definition) is 2. The van der Waals surface area contributed by atoms with Gasteiger partial charge in [-0.15, -0.1) is 0 Å². The average Bonchev–Trinajstić information content (AvgIpc) is 2.66. The maximum atomic E-state index is 13.1. The molecule has 1 aliphatic rings. The van der Waals surface area contributed by atoms with Crippen LogP contribution in [-0.4, -0.2) is 29.3 Å². The van der Waals surface area contributed by atoms with Crippen LogP contribution in [-0.2, 0) is 17.8 Å². The Bertz CT molecular complexity index is 817. The van der Waals surface area contributed by atoms with E-state index in [9.17, 15) is 14.0 Å². The molecule has 0 spiro atoms. The van der Waals surface area contributed by atoms with Crippen molar-refractivity contribution >= 4 is 11.8 Å². The Morgan fingerprint density at radius 2 is 1.74 bits per heavy atom. The number of carbonyl (C=O) groups excluding carboxylic acids is 2. The molecule has 1 heterocycles. The fraction of sp³-hybridized carbons (Fsp3) is 0.364. The summed E-state index contributed by atoms with van der Waals surface area (Å²) in [6.07, 6.45) is 1.38. The Balaban J connectivity index is 1.73. The summed E-state index contributed by atoms with van der Waals surface area (Å²) in [7, 11) is 0. The molecule has 4 nitrogen and oxygen atoms in total. The quantitative estimate of drug-likeness (QED) is 0.877. The van der Waals surface area contributed by atoms with Crippen molar-refractivity contribution in [2.75, 3.05) is 6.54 Å². The highest BCUT2D eigenvalue weighted by atomic mass is 19.1. The molecule has 5 heteroatoms. The van der Waals surface area contributed by atoms with Gasteiger partial charge in [-0.1, -0.05) is 38.1 Å². The lowest BCUT2D eigenvalue weighted by atomic mass is 9.97. The zero-order valence-electron chi connectivity index (χ0n) is 15.7. The number of carbonyl (C=O) groups is 2. The molecule has 3 rings (SSSR count). The van der Waals surface area contributed by atoms with Crippen molar-refractivity contribution in [2.45, 2.75) is 39.3 Å². The minimum atomic E-state index is -0.590. The van der Waals surface area contributed by atoms with Crippen LogP contribution in [0.3, 0.4) is 0 Å². The molecular weight excluding hydrogens is 343 g/mol. The normalized spacial score (nSPS) is 14.6. The number of hydrogen-bond donors (Lipinski definition) is 1. The van der Waals surface area contributed by atoms with E-state index in [1.54, 1.807) is 0 Å². The SMILES string of the molecule is CC(C)C[C@H](NC(=O)c1ccc(F)cc1)C(=O)N1CCc2ccccc2C1. The smallest absolute Gasteiger partial charge is 0.251 e. The second-order valence-corrected chi connectivity index (χ2v) is 7.44. The fourth-order valence-corrected chi connectivity index (χ4v) is 3.44. The number of benzene rings is 2. The molecule has 2 amide bonds. The van der Waals surface area contributed by atoms with E-state index >= 15 is 0 Å². The number of rotatable bonds is 5. The van der Waals surface area contributed by atoms with Crippen LogP contribution in [0.25, 0.3) is 0 Å². The molecule has 0 radical (unpaired) electrons. The summed E-state index contributed by atoms with van der Waals surface area (Å²) in [6.45, 7) is 5.26. The van der Waals surface area contributed by atoms with E-state index in [2.05, 4.69) is 11.4 Å². The van der Waals surface area contributed by atoms with E-state index in [4.69, 9.17) is 0 Å². The van der Waals surface area contributed by atoms with Crippen LogP contribution >= 0.6 is 0 Å². The van der Waals surface area contributed by atoms with Crippen molar-refractivity contribution in [1.82, 2.24) is 10.2 Å². The van der Waals surface area contributed by atoms with Gasteiger partial charge >= 0.3 is 0 Å². The molecule has 27 heavy (non-hydrogen) atoms. The summed E-state index contributed by atoms with van der Waals surface area (Å²) < 4.78 is 13.1. The van der Waals surface area contributed by atoms with Crippen LogP contribution < -0.4 is 5.32 Å². The van der Waals surface area contributed by atoms with Gasteiger partial charge in [-0.2, -0.15) is 0 Å². The Morgan fingerprint density at radius 3 is 2.41 bits per heavy atom. The lowest BCUT2D eigenvalue weighted by Gasteiger charge is -2.32. The van der Waals surface area contributed by atoms with E-state index < -0.39 is 11.9 Å². The molecule has 142 valence electrons. The largest absolute Gasteiger partial charge is 0.340 e. The fourth-order valence-electron chi connectivity index (χ4n) is 3.44. The van der Waals surface area contributed by atoms with Crippen LogP contribution in [0.1, 0.15) is 41.8 Å². The predicted octanol–water partition coefficient (Wildman–Crippen LogP) is 3.56. The molecule has 0 fully saturated rings. The molecule has 0 aromatic heterocycles. The number of nitrogens with one attached hydrogen (secondary N) is 1. The number of nitrogens with zero attached hydrogens (tertiary/aromatic N) is 1. The first kappa shape index (κ1) is 19.1. The van der Waals surface area contributed by atoms with Crippen molar-refractivity contribution in [3.8, 4) is 0 Å². The van der Waals surface area contributed by atoms with Gasteiger partial charge < -0.3 is 10.2 Å². The lowest BCUT2D eigenvalue weighted by Crippen LogP contribution is -2.50. The lowest BCUT2D eigenvalue weighted by molar-refractivity contribution is -0.134. The van der Waals surface area contributed by atoms with Gasteiger partial charge in [-0.25, -0.2) is 4.39 Å². The van der Waals surface area contributed by atoms with Gasteiger partial charge in [-0.3, -0.25) is 9.59 Å².